The fraction of sp³-hybridized carbons (Fsp3) is 0.231. The monoisotopic (exact) mass is 575 g/mol. The number of carbonyl (C=O) groups is 1. The van der Waals surface area contributed by atoms with Gasteiger partial charge in [-0.3, -0.25) is 9.69 Å². The number of rotatable bonds is 7. The highest BCUT2D eigenvalue weighted by Gasteiger charge is 2.41. The van der Waals surface area contributed by atoms with Crippen LogP contribution in [-0.4, -0.2) is 56.9 Å². The van der Waals surface area contributed by atoms with Gasteiger partial charge >= 0.3 is 6.18 Å². The highest BCUT2D eigenvalue weighted by Crippen LogP contribution is 2.35. The van der Waals surface area contributed by atoms with Crippen molar-refractivity contribution in [3.05, 3.63) is 83.4 Å². The van der Waals surface area contributed by atoms with Crippen LogP contribution in [0.15, 0.2) is 55.0 Å². The Morgan fingerprint density at radius 3 is 2.54 bits per heavy atom. The van der Waals surface area contributed by atoms with Crippen LogP contribution in [-0.2, 0) is 17.5 Å². The first-order chi connectivity index (χ1) is 19.6. The topological polar surface area (TPSA) is 120 Å². The number of nitrogens with one attached hydrogen (secondary N) is 1. The molecular weight excluding hydrogens is 553 g/mol. The summed E-state index contributed by atoms with van der Waals surface area (Å²) in [6.45, 7) is 2.85. The Balaban J connectivity index is 1.36. The molecule has 0 bridgehead atoms. The smallest absolute Gasteiger partial charge is 0.434 e. The van der Waals surface area contributed by atoms with E-state index in [1.165, 1.54) is 30.5 Å². The van der Waals surface area contributed by atoms with Gasteiger partial charge in [0, 0.05) is 43.8 Å². The number of hydrogen-bond acceptors (Lipinski definition) is 8. The molecule has 1 aliphatic heterocycles. The zero-order chi connectivity index (χ0) is 29.1. The van der Waals surface area contributed by atoms with Crippen molar-refractivity contribution >= 4 is 17.4 Å². The molecule has 0 aliphatic carbocycles. The number of anilines is 2. The molecule has 214 valence electrons. The third-order valence-corrected chi connectivity index (χ3v) is 6.16. The van der Waals surface area contributed by atoms with E-state index < -0.39 is 40.8 Å². The van der Waals surface area contributed by atoms with Crippen LogP contribution in [0.4, 0.5) is 33.5 Å². The van der Waals surface area contributed by atoms with E-state index in [2.05, 4.69) is 25.3 Å². The first kappa shape index (κ1) is 27.9. The molecule has 0 radical (unpaired) electrons. The summed E-state index contributed by atoms with van der Waals surface area (Å²) in [7, 11) is 0. The highest BCUT2D eigenvalue weighted by molar-refractivity contribution is 6.05. The standard InChI is InChI=1S/C26H22F5N7O3/c27-18-2-1-6-34-24(18)38-22(26(29,30)31)16(13-35-38)25(39)36-15-3-4-21(19(28)12-15)41-20-5-7-33-23(32)17(20)14-37-8-10-40-11-9-37/h1-7,12-13H,8-11,14H2,(H2,32,33)(H,36,39). The van der Waals surface area contributed by atoms with E-state index in [0.29, 0.717) is 44.6 Å². The minimum atomic E-state index is -5.10. The molecular formula is C26H22F5N7O3. The number of amides is 1. The number of nitrogen functional groups attached to an aromatic ring is 1. The van der Waals surface area contributed by atoms with E-state index in [4.69, 9.17) is 15.2 Å². The fourth-order valence-corrected chi connectivity index (χ4v) is 4.19. The van der Waals surface area contributed by atoms with Crippen molar-refractivity contribution in [3.63, 3.8) is 0 Å². The van der Waals surface area contributed by atoms with Gasteiger partial charge in [-0.1, -0.05) is 0 Å². The maximum atomic E-state index is 15.0. The molecule has 1 amide bonds. The van der Waals surface area contributed by atoms with Crippen LogP contribution in [0, 0.1) is 11.6 Å². The molecule has 0 spiro atoms. The van der Waals surface area contributed by atoms with Gasteiger partial charge in [0.05, 0.1) is 30.5 Å². The Morgan fingerprint density at radius 2 is 1.83 bits per heavy atom. The van der Waals surface area contributed by atoms with E-state index in [-0.39, 0.29) is 27.7 Å². The summed E-state index contributed by atoms with van der Waals surface area (Å²) < 4.78 is 82.2. The van der Waals surface area contributed by atoms with Crippen LogP contribution in [0.5, 0.6) is 11.5 Å². The van der Waals surface area contributed by atoms with Gasteiger partial charge in [-0.25, -0.2) is 23.4 Å². The van der Waals surface area contributed by atoms with E-state index in [0.717, 1.165) is 18.3 Å². The van der Waals surface area contributed by atoms with Crippen molar-refractivity contribution in [1.82, 2.24) is 24.6 Å². The predicted molar refractivity (Wildman–Crippen MR) is 135 cm³/mol. The van der Waals surface area contributed by atoms with Crippen LogP contribution in [0.25, 0.3) is 5.82 Å². The zero-order valence-corrected chi connectivity index (χ0v) is 21.2. The first-order valence-corrected chi connectivity index (χ1v) is 12.2. The van der Waals surface area contributed by atoms with E-state index in [1.54, 1.807) is 0 Å². The number of nitrogens with zero attached hydrogens (tertiary/aromatic N) is 5. The van der Waals surface area contributed by atoms with Crippen molar-refractivity contribution in [2.75, 3.05) is 37.4 Å². The quantitative estimate of drug-likeness (QED) is 0.311. The molecule has 3 N–H and O–H groups in total. The molecule has 10 nitrogen and oxygen atoms in total. The lowest BCUT2D eigenvalue weighted by Gasteiger charge is -2.27. The highest BCUT2D eigenvalue weighted by atomic mass is 19.4. The molecule has 1 fully saturated rings. The lowest BCUT2D eigenvalue weighted by atomic mass is 10.2. The Bertz CT molecular complexity index is 1570. The van der Waals surface area contributed by atoms with Gasteiger partial charge in [0.25, 0.3) is 5.91 Å². The average molecular weight is 575 g/mol. The second-order valence-corrected chi connectivity index (χ2v) is 8.89. The fourth-order valence-electron chi connectivity index (χ4n) is 4.19. The molecule has 4 aromatic rings. The molecule has 1 aliphatic rings. The van der Waals surface area contributed by atoms with Crippen LogP contribution in [0.2, 0.25) is 0 Å². The van der Waals surface area contributed by atoms with Crippen LogP contribution in [0.1, 0.15) is 21.6 Å². The number of ether oxygens (including phenoxy) is 2. The van der Waals surface area contributed by atoms with Crippen LogP contribution in [0.3, 0.4) is 0 Å². The maximum Gasteiger partial charge on any atom is 0.434 e. The lowest BCUT2D eigenvalue weighted by molar-refractivity contribution is -0.143. The van der Waals surface area contributed by atoms with Gasteiger partial charge in [0.1, 0.15) is 11.6 Å². The molecule has 0 unspecified atom stereocenters. The van der Waals surface area contributed by atoms with Gasteiger partial charge in [0.15, 0.2) is 28.9 Å². The van der Waals surface area contributed by atoms with Crippen molar-refractivity contribution in [1.29, 1.82) is 0 Å². The number of alkyl halides is 3. The van der Waals surface area contributed by atoms with E-state index in [1.807, 2.05) is 0 Å². The Labute approximate surface area is 229 Å². The number of morpholine rings is 1. The SMILES string of the molecule is Nc1nccc(Oc2ccc(NC(=O)c3cnn(-c4ncccc4F)c3C(F)(F)F)cc2F)c1CN1CCOCC1. The average Bonchev–Trinajstić information content (AvgIpc) is 3.39. The zero-order valence-electron chi connectivity index (χ0n) is 21.2. The molecule has 15 heteroatoms. The minimum Gasteiger partial charge on any atom is -0.454 e. The summed E-state index contributed by atoms with van der Waals surface area (Å²) in [6.07, 6.45) is -1.97. The molecule has 5 rings (SSSR count). The van der Waals surface area contributed by atoms with Crippen molar-refractivity contribution in [2.45, 2.75) is 12.7 Å². The van der Waals surface area contributed by atoms with Crippen molar-refractivity contribution in [3.8, 4) is 17.3 Å². The van der Waals surface area contributed by atoms with Gasteiger partial charge in [0.2, 0.25) is 0 Å². The van der Waals surface area contributed by atoms with Gasteiger partial charge in [-0.05, 0) is 30.3 Å². The van der Waals surface area contributed by atoms with Crippen LogP contribution < -0.4 is 15.8 Å². The summed E-state index contributed by atoms with van der Waals surface area (Å²) in [4.78, 5) is 22.6. The second kappa shape index (κ2) is 11.5. The number of carbonyl (C=O) groups excluding carboxylic acids is 1. The molecule has 0 saturated carbocycles. The summed E-state index contributed by atoms with van der Waals surface area (Å²) in [5, 5.41) is 5.73. The third-order valence-electron chi connectivity index (χ3n) is 6.16. The molecule has 4 heterocycles. The maximum absolute atomic E-state index is 15.0. The second-order valence-electron chi connectivity index (χ2n) is 8.89. The van der Waals surface area contributed by atoms with Gasteiger partial charge in [-0.2, -0.15) is 18.3 Å². The number of aromatic nitrogens is 4. The number of hydrogen-bond donors (Lipinski definition) is 2. The van der Waals surface area contributed by atoms with Gasteiger partial charge < -0.3 is 20.5 Å². The predicted octanol–water partition coefficient (Wildman–Crippen LogP) is 4.42. The first-order valence-electron chi connectivity index (χ1n) is 12.2. The molecule has 41 heavy (non-hydrogen) atoms. The summed E-state index contributed by atoms with van der Waals surface area (Å²) in [6, 6.07) is 6.97. The normalized spacial score (nSPS) is 14.2. The minimum absolute atomic E-state index is 0.160. The van der Waals surface area contributed by atoms with Gasteiger partial charge in [-0.15, -0.1) is 0 Å². The Kier molecular flexibility index (Phi) is 7.81. The third kappa shape index (κ3) is 6.10. The van der Waals surface area contributed by atoms with Crippen LogP contribution >= 0.6 is 0 Å². The molecule has 0 atom stereocenters. The Hall–Kier alpha value is -4.63. The largest absolute Gasteiger partial charge is 0.454 e. The van der Waals surface area contributed by atoms with E-state index >= 15 is 4.39 Å². The van der Waals surface area contributed by atoms with E-state index in [9.17, 15) is 22.4 Å². The molecule has 1 saturated heterocycles. The summed E-state index contributed by atoms with van der Waals surface area (Å²) in [5.41, 5.74) is 3.98. The number of benzene rings is 1. The summed E-state index contributed by atoms with van der Waals surface area (Å²) >= 11 is 0. The number of halogens is 5. The van der Waals surface area contributed by atoms with Crippen molar-refractivity contribution in [2.24, 2.45) is 0 Å². The number of nitrogens with two attached hydrogens (primary N) is 1. The Morgan fingerprint density at radius 1 is 1.05 bits per heavy atom. The lowest BCUT2D eigenvalue weighted by Crippen LogP contribution is -2.36. The van der Waals surface area contributed by atoms with Crippen molar-refractivity contribution < 1.29 is 36.2 Å². The molecule has 3 aromatic heterocycles. The molecule has 1 aromatic carbocycles. The summed E-state index contributed by atoms with van der Waals surface area (Å²) in [5.74, 6) is -3.70. The number of pyridine rings is 2.